The van der Waals surface area contributed by atoms with Gasteiger partial charge in [-0.05, 0) is 36.8 Å². The van der Waals surface area contributed by atoms with Crippen molar-refractivity contribution in [2.75, 3.05) is 6.61 Å². The molecule has 31 heavy (non-hydrogen) atoms. The summed E-state index contributed by atoms with van der Waals surface area (Å²) in [6, 6.07) is 10.6. The van der Waals surface area contributed by atoms with Crippen LogP contribution in [0.4, 0.5) is 13.2 Å². The number of furan rings is 1. The van der Waals surface area contributed by atoms with Crippen LogP contribution >= 0.6 is 0 Å². The van der Waals surface area contributed by atoms with Crippen molar-refractivity contribution in [2.24, 2.45) is 0 Å². The summed E-state index contributed by atoms with van der Waals surface area (Å²) < 4.78 is 81.1. The van der Waals surface area contributed by atoms with Crippen molar-refractivity contribution >= 4 is 27.1 Å². The highest BCUT2D eigenvalue weighted by Gasteiger charge is 2.48. The van der Waals surface area contributed by atoms with Crippen molar-refractivity contribution in [1.29, 1.82) is 0 Å². The van der Waals surface area contributed by atoms with E-state index in [0.29, 0.717) is 16.9 Å². The molecule has 0 atom stereocenters. The average Bonchev–Trinajstić information content (AvgIpc) is 3.15. The number of esters is 1. The van der Waals surface area contributed by atoms with Crippen LogP contribution in [0, 0.1) is 0 Å². The predicted molar refractivity (Wildman–Crippen MR) is 103 cm³/mol. The van der Waals surface area contributed by atoms with E-state index < -0.39 is 27.3 Å². The minimum Gasteiger partial charge on any atom is -0.489 e. The van der Waals surface area contributed by atoms with Crippen LogP contribution in [0.5, 0.6) is 11.5 Å². The van der Waals surface area contributed by atoms with Crippen LogP contribution in [-0.4, -0.2) is 26.5 Å². The molecule has 0 spiro atoms. The molecule has 0 fully saturated rings. The van der Waals surface area contributed by atoms with E-state index >= 15 is 0 Å². The SMILES string of the molecule is CCOC(=O)Cc1ccccc1OCc1cc(OS(=O)(=O)C(F)(F)F)c2ccoc2c1. The van der Waals surface area contributed by atoms with Crippen LogP contribution in [-0.2, 0) is 32.7 Å². The molecule has 0 saturated carbocycles. The summed E-state index contributed by atoms with van der Waals surface area (Å²) in [4.78, 5) is 11.8. The minimum atomic E-state index is -5.86. The maximum atomic E-state index is 12.7. The van der Waals surface area contributed by atoms with E-state index in [9.17, 15) is 26.4 Å². The molecule has 11 heteroatoms. The number of carbonyl (C=O) groups is 1. The van der Waals surface area contributed by atoms with Gasteiger partial charge in [-0.2, -0.15) is 21.6 Å². The molecular weight excluding hydrogens is 441 g/mol. The van der Waals surface area contributed by atoms with E-state index in [1.54, 1.807) is 31.2 Å². The molecule has 3 rings (SSSR count). The monoisotopic (exact) mass is 458 g/mol. The highest BCUT2D eigenvalue weighted by atomic mass is 32.2. The maximum Gasteiger partial charge on any atom is 0.534 e. The first kappa shape index (κ1) is 22.5. The molecule has 0 aliphatic heterocycles. The van der Waals surface area contributed by atoms with Gasteiger partial charge in [0, 0.05) is 5.56 Å². The van der Waals surface area contributed by atoms with Crippen LogP contribution in [0.1, 0.15) is 18.1 Å². The summed E-state index contributed by atoms with van der Waals surface area (Å²) in [6.07, 6.45) is 1.16. The first-order valence-electron chi connectivity index (χ1n) is 8.98. The van der Waals surface area contributed by atoms with Gasteiger partial charge >= 0.3 is 21.6 Å². The minimum absolute atomic E-state index is 0.0284. The van der Waals surface area contributed by atoms with Crippen LogP contribution in [0.2, 0.25) is 0 Å². The Kier molecular flexibility index (Phi) is 6.44. The summed E-state index contributed by atoms with van der Waals surface area (Å²) >= 11 is 0. The molecule has 166 valence electrons. The van der Waals surface area contributed by atoms with Gasteiger partial charge in [0.2, 0.25) is 0 Å². The highest BCUT2D eigenvalue weighted by Crippen LogP contribution is 2.34. The van der Waals surface area contributed by atoms with E-state index in [0.717, 1.165) is 6.07 Å². The molecule has 3 aromatic rings. The number of hydrogen-bond donors (Lipinski definition) is 0. The summed E-state index contributed by atoms with van der Waals surface area (Å²) in [7, 11) is -5.86. The molecule has 0 N–H and O–H groups in total. The van der Waals surface area contributed by atoms with E-state index in [4.69, 9.17) is 13.9 Å². The highest BCUT2D eigenvalue weighted by molar-refractivity contribution is 7.88. The summed E-state index contributed by atoms with van der Waals surface area (Å²) in [6.45, 7) is 1.76. The standard InChI is InChI=1S/C20H17F3O7S/c1-2-27-19(24)11-14-5-3-4-6-16(14)29-12-13-9-17-15(7-8-28-17)18(10-13)30-31(25,26)20(21,22)23/h3-10H,2,11-12H2,1H3. The van der Waals surface area contributed by atoms with E-state index in [2.05, 4.69) is 4.18 Å². The van der Waals surface area contributed by atoms with Crippen molar-refractivity contribution < 1.29 is 44.5 Å². The number of rotatable bonds is 8. The number of ether oxygens (including phenoxy) is 2. The molecule has 0 aliphatic rings. The Bertz CT molecular complexity index is 1180. The van der Waals surface area contributed by atoms with E-state index in [1.165, 1.54) is 18.4 Å². The van der Waals surface area contributed by atoms with Gasteiger partial charge in [-0.25, -0.2) is 0 Å². The lowest BCUT2D eigenvalue weighted by molar-refractivity contribution is -0.142. The molecule has 0 bridgehead atoms. The second-order valence-corrected chi connectivity index (χ2v) is 7.83. The first-order chi connectivity index (χ1) is 14.6. The second-order valence-electron chi connectivity index (χ2n) is 6.29. The molecule has 0 unspecified atom stereocenters. The lowest BCUT2D eigenvalue weighted by atomic mass is 10.1. The fraction of sp³-hybridized carbons (Fsp3) is 0.250. The van der Waals surface area contributed by atoms with Crippen molar-refractivity contribution in [2.45, 2.75) is 25.5 Å². The topological polar surface area (TPSA) is 92.0 Å². The van der Waals surface area contributed by atoms with Gasteiger partial charge in [0.15, 0.2) is 5.75 Å². The van der Waals surface area contributed by atoms with Gasteiger partial charge < -0.3 is 18.1 Å². The largest absolute Gasteiger partial charge is 0.534 e. The number of fused-ring (bicyclic) bond motifs is 1. The number of para-hydroxylation sites is 1. The Morgan fingerprint density at radius 1 is 1.10 bits per heavy atom. The van der Waals surface area contributed by atoms with Gasteiger partial charge in [-0.3, -0.25) is 4.79 Å². The predicted octanol–water partition coefficient (Wildman–Crippen LogP) is 4.35. The second kappa shape index (κ2) is 8.88. The van der Waals surface area contributed by atoms with Crippen LogP contribution < -0.4 is 8.92 Å². The first-order valence-corrected chi connectivity index (χ1v) is 10.4. The molecule has 0 radical (unpaired) electrons. The van der Waals surface area contributed by atoms with Crippen LogP contribution in [0.25, 0.3) is 11.0 Å². The van der Waals surface area contributed by atoms with Gasteiger partial charge in [0.1, 0.15) is 17.9 Å². The molecule has 1 heterocycles. The van der Waals surface area contributed by atoms with Gasteiger partial charge in [-0.1, -0.05) is 18.2 Å². The summed E-state index contributed by atoms with van der Waals surface area (Å²) in [5.74, 6) is -0.619. The quantitative estimate of drug-likeness (QED) is 0.282. The molecule has 2 aromatic carbocycles. The van der Waals surface area contributed by atoms with Crippen molar-refractivity contribution in [3.8, 4) is 11.5 Å². The van der Waals surface area contributed by atoms with E-state index in [-0.39, 0.29) is 30.6 Å². The van der Waals surface area contributed by atoms with Crippen molar-refractivity contribution in [3.63, 3.8) is 0 Å². The van der Waals surface area contributed by atoms with Crippen LogP contribution in [0.15, 0.2) is 53.1 Å². The van der Waals surface area contributed by atoms with Gasteiger partial charge in [-0.15, -0.1) is 0 Å². The molecule has 0 aliphatic carbocycles. The summed E-state index contributed by atoms with van der Waals surface area (Å²) in [5, 5.41) is 0.0549. The van der Waals surface area contributed by atoms with Crippen molar-refractivity contribution in [3.05, 3.63) is 59.9 Å². The number of benzene rings is 2. The number of halogens is 3. The molecule has 7 nitrogen and oxygen atoms in total. The number of hydrogen-bond acceptors (Lipinski definition) is 7. The molecule has 0 amide bonds. The Hall–Kier alpha value is -3.21. The Labute approximate surface area is 175 Å². The lowest BCUT2D eigenvalue weighted by Gasteiger charge is -2.13. The Morgan fingerprint density at radius 3 is 2.55 bits per heavy atom. The smallest absolute Gasteiger partial charge is 0.489 e. The fourth-order valence-corrected chi connectivity index (χ4v) is 3.20. The maximum absolute atomic E-state index is 12.7. The average molecular weight is 458 g/mol. The summed E-state index contributed by atoms with van der Waals surface area (Å²) in [5.41, 5.74) is -4.62. The third-order valence-electron chi connectivity index (χ3n) is 4.08. The third kappa shape index (κ3) is 5.29. The Balaban J connectivity index is 1.85. The lowest BCUT2D eigenvalue weighted by Crippen LogP contribution is -2.28. The molecular formula is C20H17F3O7S. The third-order valence-corrected chi connectivity index (χ3v) is 5.05. The molecule has 0 saturated heterocycles. The van der Waals surface area contributed by atoms with E-state index in [1.807, 2.05) is 0 Å². The Morgan fingerprint density at radius 2 is 1.84 bits per heavy atom. The number of carbonyl (C=O) groups excluding carboxylic acids is 1. The number of alkyl halides is 3. The molecule has 1 aromatic heterocycles. The normalized spacial score (nSPS) is 12.0. The zero-order valence-electron chi connectivity index (χ0n) is 16.1. The van der Waals surface area contributed by atoms with Gasteiger partial charge in [0.25, 0.3) is 0 Å². The fourth-order valence-electron chi connectivity index (χ4n) is 2.73. The van der Waals surface area contributed by atoms with Gasteiger partial charge in [0.05, 0.1) is 24.7 Å². The van der Waals surface area contributed by atoms with Crippen LogP contribution in [0.3, 0.4) is 0 Å². The zero-order valence-corrected chi connectivity index (χ0v) is 17.0. The van der Waals surface area contributed by atoms with Crippen molar-refractivity contribution in [1.82, 2.24) is 0 Å². The zero-order chi connectivity index (χ0) is 22.6.